The molecule has 1 aromatic rings. The summed E-state index contributed by atoms with van der Waals surface area (Å²) in [4.78, 5) is 14.8. The average Bonchev–Trinajstić information content (AvgIpc) is 2.58. The smallest absolute Gasteiger partial charge is 0.233 e. The molecule has 1 unspecified atom stereocenters. The summed E-state index contributed by atoms with van der Waals surface area (Å²) in [5.41, 5.74) is 0.506. The Balaban J connectivity index is 2.47. The number of carbonyl (C=O) groups is 1. The molecule has 3 heteroatoms. The topological polar surface area (TPSA) is 40.5 Å². The fraction of sp³-hybridized carbons (Fsp3) is 0.562. The maximum Gasteiger partial charge on any atom is 0.233 e. The zero-order chi connectivity index (χ0) is 13.9. The molecule has 1 atom stereocenters. The second kappa shape index (κ2) is 5.64. The van der Waals surface area contributed by atoms with Crippen LogP contribution >= 0.6 is 0 Å². The van der Waals surface area contributed by atoms with Crippen molar-refractivity contribution in [1.29, 1.82) is 0 Å². The Bertz CT molecular complexity index is 458. The highest BCUT2D eigenvalue weighted by atomic mass is 16.3. The number of hydrogen-bond acceptors (Lipinski definition) is 2. The van der Waals surface area contributed by atoms with Gasteiger partial charge < -0.3 is 10.0 Å². The molecule has 104 valence electrons. The predicted molar refractivity (Wildman–Crippen MR) is 76.2 cm³/mol. The van der Waals surface area contributed by atoms with E-state index in [9.17, 15) is 9.90 Å². The molecule has 19 heavy (non-hydrogen) atoms. The van der Waals surface area contributed by atoms with E-state index >= 15 is 0 Å². The number of rotatable bonds is 3. The van der Waals surface area contributed by atoms with E-state index in [4.69, 9.17) is 0 Å². The number of benzene rings is 1. The van der Waals surface area contributed by atoms with Crippen molar-refractivity contribution >= 4 is 5.91 Å². The van der Waals surface area contributed by atoms with Crippen LogP contribution in [0.1, 0.15) is 45.1 Å². The van der Waals surface area contributed by atoms with Gasteiger partial charge in [0.05, 0.1) is 5.41 Å². The zero-order valence-electron chi connectivity index (χ0n) is 11.9. The highest BCUT2D eigenvalue weighted by Gasteiger charge is 2.41. The minimum absolute atomic E-state index is 0.223. The van der Waals surface area contributed by atoms with Crippen molar-refractivity contribution in [3.63, 3.8) is 0 Å². The average molecular weight is 261 g/mol. The van der Waals surface area contributed by atoms with E-state index in [0.29, 0.717) is 0 Å². The second-order valence-electron chi connectivity index (χ2n) is 5.33. The van der Waals surface area contributed by atoms with E-state index in [1.54, 1.807) is 12.1 Å². The third-order valence-electron chi connectivity index (χ3n) is 4.36. The summed E-state index contributed by atoms with van der Waals surface area (Å²) >= 11 is 0. The van der Waals surface area contributed by atoms with Crippen LogP contribution in [0.3, 0.4) is 0 Å². The molecule has 0 aliphatic carbocycles. The van der Waals surface area contributed by atoms with Crippen molar-refractivity contribution in [3.8, 4) is 5.75 Å². The standard InChI is InChI=1S/C16H23NO2/c1-3-16(13-8-7-9-14(18)12-13)10-5-6-11-17(4-2)15(16)19/h7-9,12,18H,3-6,10-11H2,1-2H3. The maximum atomic E-state index is 12.9. The Morgan fingerprint density at radius 3 is 2.74 bits per heavy atom. The summed E-state index contributed by atoms with van der Waals surface area (Å²) in [6.45, 7) is 5.72. The highest BCUT2D eigenvalue weighted by Crippen LogP contribution is 2.38. The summed E-state index contributed by atoms with van der Waals surface area (Å²) in [5, 5.41) is 9.71. The zero-order valence-corrected chi connectivity index (χ0v) is 11.9. The third kappa shape index (κ3) is 2.46. The molecule has 0 bridgehead atoms. The first-order valence-electron chi connectivity index (χ1n) is 7.23. The quantitative estimate of drug-likeness (QED) is 0.908. The normalized spacial score (nSPS) is 24.3. The van der Waals surface area contributed by atoms with Gasteiger partial charge in [-0.2, -0.15) is 0 Å². The van der Waals surface area contributed by atoms with Gasteiger partial charge >= 0.3 is 0 Å². The molecule has 1 saturated heterocycles. The number of carbonyl (C=O) groups excluding carboxylic acids is 1. The van der Waals surface area contributed by atoms with Crippen molar-refractivity contribution in [1.82, 2.24) is 4.90 Å². The van der Waals surface area contributed by atoms with Crippen molar-refractivity contribution in [2.45, 2.75) is 44.9 Å². The number of phenolic OH excluding ortho intramolecular Hbond substituents is 1. The molecule has 1 N–H and O–H groups in total. The van der Waals surface area contributed by atoms with Crippen LogP contribution in [0, 0.1) is 0 Å². The Morgan fingerprint density at radius 1 is 1.32 bits per heavy atom. The SMILES string of the molecule is CCN1CCCCC(CC)(c2cccc(O)c2)C1=O. The number of nitrogens with zero attached hydrogens (tertiary/aromatic N) is 1. The number of hydrogen-bond donors (Lipinski definition) is 1. The molecule has 1 heterocycles. The first kappa shape index (κ1) is 13.9. The number of likely N-dealkylation sites (N-methyl/N-ethyl adjacent to an activating group) is 1. The lowest BCUT2D eigenvalue weighted by molar-refractivity contribution is -0.136. The molecule has 0 aromatic heterocycles. The molecule has 1 aliphatic heterocycles. The molecule has 0 saturated carbocycles. The summed E-state index contributed by atoms with van der Waals surface area (Å²) in [6.07, 6.45) is 3.79. The van der Waals surface area contributed by atoms with E-state index in [-0.39, 0.29) is 11.7 Å². The van der Waals surface area contributed by atoms with E-state index in [2.05, 4.69) is 6.92 Å². The van der Waals surface area contributed by atoms with Crippen LogP contribution in [0.25, 0.3) is 0 Å². The number of aromatic hydroxyl groups is 1. The fourth-order valence-corrected chi connectivity index (χ4v) is 3.15. The van der Waals surface area contributed by atoms with Crippen molar-refractivity contribution < 1.29 is 9.90 Å². The van der Waals surface area contributed by atoms with Crippen molar-refractivity contribution in [2.24, 2.45) is 0 Å². The van der Waals surface area contributed by atoms with Crippen LogP contribution in [-0.4, -0.2) is 29.0 Å². The second-order valence-corrected chi connectivity index (χ2v) is 5.33. The van der Waals surface area contributed by atoms with Crippen molar-refractivity contribution in [3.05, 3.63) is 29.8 Å². The van der Waals surface area contributed by atoms with Gasteiger partial charge in [-0.1, -0.05) is 25.5 Å². The van der Waals surface area contributed by atoms with Crippen LogP contribution in [0.5, 0.6) is 5.75 Å². The molecular weight excluding hydrogens is 238 g/mol. The molecule has 1 aromatic carbocycles. The first-order valence-corrected chi connectivity index (χ1v) is 7.23. The van der Waals surface area contributed by atoms with E-state index in [0.717, 1.165) is 44.3 Å². The summed E-state index contributed by atoms with van der Waals surface area (Å²) in [5.74, 6) is 0.464. The van der Waals surface area contributed by atoms with Crippen LogP contribution in [0.4, 0.5) is 0 Å². The molecule has 0 radical (unpaired) electrons. The van der Waals surface area contributed by atoms with E-state index in [1.165, 1.54) is 0 Å². The number of likely N-dealkylation sites (tertiary alicyclic amines) is 1. The fourth-order valence-electron chi connectivity index (χ4n) is 3.15. The van der Waals surface area contributed by atoms with Gasteiger partial charge in [0.25, 0.3) is 0 Å². The lowest BCUT2D eigenvalue weighted by atomic mass is 9.73. The van der Waals surface area contributed by atoms with Gasteiger partial charge in [0.1, 0.15) is 5.75 Å². The Labute approximate surface area is 115 Å². The van der Waals surface area contributed by atoms with Crippen LogP contribution < -0.4 is 0 Å². The molecule has 0 spiro atoms. The van der Waals surface area contributed by atoms with Crippen LogP contribution in [0.2, 0.25) is 0 Å². The van der Waals surface area contributed by atoms with Gasteiger partial charge in [0, 0.05) is 13.1 Å². The number of phenols is 1. The Morgan fingerprint density at radius 2 is 2.11 bits per heavy atom. The van der Waals surface area contributed by atoms with Crippen molar-refractivity contribution in [2.75, 3.05) is 13.1 Å². The molecule has 3 nitrogen and oxygen atoms in total. The van der Waals surface area contributed by atoms with E-state index in [1.807, 2.05) is 24.0 Å². The van der Waals surface area contributed by atoms with E-state index < -0.39 is 5.41 Å². The van der Waals surface area contributed by atoms with Crippen LogP contribution in [-0.2, 0) is 10.2 Å². The Kier molecular flexibility index (Phi) is 4.13. The highest BCUT2D eigenvalue weighted by molar-refractivity contribution is 5.88. The largest absolute Gasteiger partial charge is 0.508 e. The minimum atomic E-state index is -0.453. The van der Waals surface area contributed by atoms with Gasteiger partial charge in [0.15, 0.2) is 0 Å². The molecule has 2 rings (SSSR count). The van der Waals surface area contributed by atoms with Gasteiger partial charge in [-0.25, -0.2) is 0 Å². The molecule has 1 aliphatic rings. The summed E-state index contributed by atoms with van der Waals surface area (Å²) in [6, 6.07) is 7.21. The van der Waals surface area contributed by atoms with Gasteiger partial charge in [-0.15, -0.1) is 0 Å². The molecule has 1 amide bonds. The Hall–Kier alpha value is -1.51. The van der Waals surface area contributed by atoms with Gasteiger partial charge in [-0.3, -0.25) is 4.79 Å². The summed E-state index contributed by atoms with van der Waals surface area (Å²) < 4.78 is 0. The lowest BCUT2D eigenvalue weighted by Gasteiger charge is -2.34. The summed E-state index contributed by atoms with van der Waals surface area (Å²) in [7, 11) is 0. The third-order valence-corrected chi connectivity index (χ3v) is 4.36. The monoisotopic (exact) mass is 261 g/mol. The molecular formula is C16H23NO2. The number of amides is 1. The van der Waals surface area contributed by atoms with Gasteiger partial charge in [0.2, 0.25) is 5.91 Å². The minimum Gasteiger partial charge on any atom is -0.508 e. The predicted octanol–water partition coefficient (Wildman–Crippen LogP) is 3.07. The lowest BCUT2D eigenvalue weighted by Crippen LogP contribution is -2.45. The van der Waals surface area contributed by atoms with Crippen LogP contribution in [0.15, 0.2) is 24.3 Å². The molecule has 1 fully saturated rings. The maximum absolute atomic E-state index is 12.9. The van der Waals surface area contributed by atoms with Gasteiger partial charge in [-0.05, 0) is 43.9 Å². The first-order chi connectivity index (χ1) is 9.14.